The first-order valence-electron chi connectivity index (χ1n) is 10.7. The number of aromatic nitrogens is 2. The smallest absolute Gasteiger partial charge is 0.255 e. The Bertz CT molecular complexity index is 1110. The molecule has 2 aromatic carbocycles. The van der Waals surface area contributed by atoms with Gasteiger partial charge in [0.1, 0.15) is 0 Å². The largest absolute Gasteiger partial charge is 0.339 e. The van der Waals surface area contributed by atoms with E-state index in [1.54, 1.807) is 6.07 Å². The third-order valence-electron chi connectivity index (χ3n) is 5.79. The van der Waals surface area contributed by atoms with Gasteiger partial charge in [0, 0.05) is 24.3 Å². The number of anilines is 1. The van der Waals surface area contributed by atoms with Crippen molar-refractivity contribution in [1.29, 1.82) is 0 Å². The summed E-state index contributed by atoms with van der Waals surface area (Å²) in [5.74, 6) is -0.237. The molecule has 1 aliphatic rings. The minimum Gasteiger partial charge on any atom is -0.339 e. The lowest BCUT2D eigenvalue weighted by atomic mass is 10.1. The first-order valence-corrected chi connectivity index (χ1v) is 10.7. The molecule has 160 valence electrons. The summed E-state index contributed by atoms with van der Waals surface area (Å²) in [5, 5.41) is 7.47. The van der Waals surface area contributed by atoms with Crippen molar-refractivity contribution in [2.75, 3.05) is 18.4 Å². The summed E-state index contributed by atoms with van der Waals surface area (Å²) in [6.07, 6.45) is 2.06. The second kappa shape index (κ2) is 8.76. The molecule has 1 saturated heterocycles. The highest BCUT2D eigenvalue weighted by atomic mass is 16.2. The molecule has 1 N–H and O–H groups in total. The summed E-state index contributed by atoms with van der Waals surface area (Å²) >= 11 is 0. The predicted octanol–water partition coefficient (Wildman–Crippen LogP) is 4.34. The maximum atomic E-state index is 13.0. The molecule has 0 radical (unpaired) electrons. The Morgan fingerprint density at radius 1 is 1.00 bits per heavy atom. The maximum Gasteiger partial charge on any atom is 0.255 e. The molecule has 0 saturated carbocycles. The van der Waals surface area contributed by atoms with Crippen LogP contribution in [0.25, 0.3) is 0 Å². The Kier molecular flexibility index (Phi) is 5.89. The van der Waals surface area contributed by atoms with Gasteiger partial charge in [0.15, 0.2) is 0 Å². The summed E-state index contributed by atoms with van der Waals surface area (Å²) in [5.41, 5.74) is 5.75. The molecule has 2 heterocycles. The van der Waals surface area contributed by atoms with E-state index >= 15 is 0 Å². The van der Waals surface area contributed by atoms with Crippen molar-refractivity contribution in [2.24, 2.45) is 0 Å². The number of hydrogen-bond acceptors (Lipinski definition) is 3. The van der Waals surface area contributed by atoms with E-state index in [4.69, 9.17) is 0 Å². The van der Waals surface area contributed by atoms with Crippen molar-refractivity contribution in [3.63, 3.8) is 0 Å². The lowest BCUT2D eigenvalue weighted by molar-refractivity contribution is 0.0793. The van der Waals surface area contributed by atoms with E-state index in [-0.39, 0.29) is 11.8 Å². The Labute approximate surface area is 182 Å². The van der Waals surface area contributed by atoms with Crippen molar-refractivity contribution in [1.82, 2.24) is 14.7 Å². The van der Waals surface area contributed by atoms with Gasteiger partial charge in [0.2, 0.25) is 0 Å². The second-order valence-corrected chi connectivity index (χ2v) is 8.23. The molecule has 0 spiro atoms. The lowest BCUT2D eigenvalue weighted by Crippen LogP contribution is -2.29. The predicted molar refractivity (Wildman–Crippen MR) is 122 cm³/mol. The molecule has 31 heavy (non-hydrogen) atoms. The zero-order valence-electron chi connectivity index (χ0n) is 18.3. The monoisotopic (exact) mass is 416 g/mol. The molecule has 1 aliphatic heterocycles. The standard InChI is InChI=1S/C25H28N4O2/c1-17-7-6-8-22(25(31)28-13-4-5-14-28)23(17)26-24(30)21-11-9-20(10-12-21)16-29-19(3)15-18(2)27-29/h6-12,15H,4-5,13-14,16H2,1-3H3,(H,26,30). The molecule has 0 aliphatic carbocycles. The number of nitrogens with zero attached hydrogens (tertiary/aromatic N) is 3. The van der Waals surface area contributed by atoms with Gasteiger partial charge in [-0.2, -0.15) is 5.10 Å². The van der Waals surface area contributed by atoms with Crippen LogP contribution < -0.4 is 5.32 Å². The third kappa shape index (κ3) is 4.53. The quantitative estimate of drug-likeness (QED) is 0.673. The summed E-state index contributed by atoms with van der Waals surface area (Å²) in [6.45, 7) is 8.13. The molecular weight excluding hydrogens is 388 g/mol. The molecule has 6 heteroatoms. The molecule has 4 rings (SSSR count). The summed E-state index contributed by atoms with van der Waals surface area (Å²) in [4.78, 5) is 27.7. The van der Waals surface area contributed by atoms with Crippen molar-refractivity contribution < 1.29 is 9.59 Å². The van der Waals surface area contributed by atoms with Gasteiger partial charge in [-0.15, -0.1) is 0 Å². The van der Waals surface area contributed by atoms with Gasteiger partial charge < -0.3 is 10.2 Å². The van der Waals surface area contributed by atoms with Crippen LogP contribution in [0.2, 0.25) is 0 Å². The average Bonchev–Trinajstić information content (AvgIpc) is 3.39. The van der Waals surface area contributed by atoms with Gasteiger partial charge in [-0.3, -0.25) is 14.3 Å². The van der Waals surface area contributed by atoms with Crippen molar-refractivity contribution in [3.8, 4) is 0 Å². The second-order valence-electron chi connectivity index (χ2n) is 8.23. The molecule has 3 aromatic rings. The summed E-state index contributed by atoms with van der Waals surface area (Å²) in [6, 6.07) is 15.1. The molecule has 2 amide bonds. The topological polar surface area (TPSA) is 67.2 Å². The van der Waals surface area contributed by atoms with Gasteiger partial charge in [-0.25, -0.2) is 0 Å². The number of rotatable bonds is 5. The molecular formula is C25H28N4O2. The first kappa shape index (κ1) is 20.8. The van der Waals surface area contributed by atoms with E-state index in [1.165, 1.54) is 0 Å². The molecule has 0 atom stereocenters. The van der Waals surface area contributed by atoms with Crippen LogP contribution in [0.1, 0.15) is 56.1 Å². The number of amides is 2. The van der Waals surface area contributed by atoms with Crippen molar-refractivity contribution >= 4 is 17.5 Å². The van der Waals surface area contributed by atoms with Crippen LogP contribution in [-0.4, -0.2) is 39.6 Å². The fourth-order valence-corrected chi connectivity index (χ4v) is 4.06. The van der Waals surface area contributed by atoms with Crippen LogP contribution in [0, 0.1) is 20.8 Å². The van der Waals surface area contributed by atoms with E-state index in [0.717, 1.165) is 48.4 Å². The van der Waals surface area contributed by atoms with Gasteiger partial charge >= 0.3 is 0 Å². The lowest BCUT2D eigenvalue weighted by Gasteiger charge is -2.19. The maximum absolute atomic E-state index is 13.0. The van der Waals surface area contributed by atoms with E-state index in [2.05, 4.69) is 10.4 Å². The highest BCUT2D eigenvalue weighted by Gasteiger charge is 2.23. The van der Waals surface area contributed by atoms with E-state index < -0.39 is 0 Å². The number of para-hydroxylation sites is 1. The zero-order valence-corrected chi connectivity index (χ0v) is 18.3. The first-order chi connectivity index (χ1) is 14.9. The fourth-order valence-electron chi connectivity index (χ4n) is 4.06. The number of carbonyl (C=O) groups excluding carboxylic acids is 2. The zero-order chi connectivity index (χ0) is 22.0. The minimum absolute atomic E-state index is 0.0169. The fraction of sp³-hybridized carbons (Fsp3) is 0.320. The Hall–Kier alpha value is -3.41. The van der Waals surface area contributed by atoms with Crippen LogP contribution in [-0.2, 0) is 6.54 Å². The Morgan fingerprint density at radius 3 is 2.35 bits per heavy atom. The van der Waals surface area contributed by atoms with E-state index in [9.17, 15) is 9.59 Å². The van der Waals surface area contributed by atoms with Gasteiger partial charge in [0.05, 0.1) is 23.5 Å². The highest BCUT2D eigenvalue weighted by Crippen LogP contribution is 2.24. The highest BCUT2D eigenvalue weighted by molar-refractivity contribution is 6.09. The molecule has 6 nitrogen and oxygen atoms in total. The number of benzene rings is 2. The van der Waals surface area contributed by atoms with Crippen LogP contribution in [0.15, 0.2) is 48.5 Å². The van der Waals surface area contributed by atoms with Gasteiger partial charge in [0.25, 0.3) is 11.8 Å². The van der Waals surface area contributed by atoms with Gasteiger partial charge in [-0.1, -0.05) is 24.3 Å². The SMILES string of the molecule is Cc1cc(C)n(Cc2ccc(C(=O)Nc3c(C)cccc3C(=O)N3CCCC3)cc2)n1. The van der Waals surface area contributed by atoms with Crippen LogP contribution in [0.4, 0.5) is 5.69 Å². The minimum atomic E-state index is -0.220. The molecule has 1 fully saturated rings. The van der Waals surface area contributed by atoms with Crippen LogP contribution >= 0.6 is 0 Å². The number of hydrogen-bond donors (Lipinski definition) is 1. The van der Waals surface area contributed by atoms with E-state index in [1.807, 2.05) is 72.8 Å². The van der Waals surface area contributed by atoms with Crippen molar-refractivity contribution in [3.05, 3.63) is 82.2 Å². The van der Waals surface area contributed by atoms with Crippen LogP contribution in [0.3, 0.4) is 0 Å². The summed E-state index contributed by atoms with van der Waals surface area (Å²) in [7, 11) is 0. The molecule has 1 aromatic heterocycles. The van der Waals surface area contributed by atoms with E-state index in [0.29, 0.717) is 23.4 Å². The van der Waals surface area contributed by atoms with Gasteiger partial charge in [-0.05, 0) is 69.0 Å². The van der Waals surface area contributed by atoms with Crippen LogP contribution in [0.5, 0.6) is 0 Å². The number of likely N-dealkylation sites (tertiary alicyclic amines) is 1. The number of aryl methyl sites for hydroxylation is 3. The molecule has 0 bridgehead atoms. The summed E-state index contributed by atoms with van der Waals surface area (Å²) < 4.78 is 1.95. The number of carbonyl (C=O) groups is 2. The molecule has 0 unspecified atom stereocenters. The third-order valence-corrected chi connectivity index (χ3v) is 5.79. The Balaban J connectivity index is 1.50. The van der Waals surface area contributed by atoms with Crippen molar-refractivity contribution in [2.45, 2.75) is 40.2 Å². The normalized spacial score (nSPS) is 13.5. The number of nitrogens with one attached hydrogen (secondary N) is 1. The Morgan fingerprint density at radius 2 is 1.71 bits per heavy atom. The average molecular weight is 417 g/mol.